The smallest absolute Gasteiger partial charge is 0.339 e. The number of rotatable bonds is 6. The summed E-state index contributed by atoms with van der Waals surface area (Å²) in [5.41, 5.74) is -0.240. The molecule has 1 aromatic rings. The summed E-state index contributed by atoms with van der Waals surface area (Å²) in [5, 5.41) is 10.7. The van der Waals surface area contributed by atoms with Gasteiger partial charge in [0.25, 0.3) is 5.69 Å². The van der Waals surface area contributed by atoms with Gasteiger partial charge in [0, 0.05) is 18.7 Å². The quantitative estimate of drug-likeness (QED) is 0.365. The highest BCUT2D eigenvalue weighted by molar-refractivity contribution is 7.89. The number of carbonyl (C=O) groups is 1. The molecule has 8 nitrogen and oxygen atoms in total. The van der Waals surface area contributed by atoms with Gasteiger partial charge >= 0.3 is 5.97 Å². The molecule has 1 aromatic carbocycles. The summed E-state index contributed by atoms with van der Waals surface area (Å²) in [6.07, 6.45) is 0. The lowest BCUT2D eigenvalue weighted by Crippen LogP contribution is -2.27. The lowest BCUT2D eigenvalue weighted by Gasteiger charge is -2.10. The molecule has 114 valence electrons. The largest absolute Gasteiger partial charge is 0.465 e. The molecule has 0 aliphatic carbocycles. The van der Waals surface area contributed by atoms with E-state index in [1.165, 1.54) is 0 Å². The zero-order valence-electron chi connectivity index (χ0n) is 11.5. The first kappa shape index (κ1) is 16.8. The SMILES string of the molecule is C=C(C)CNS(=O)(=O)c1ccc([N+](=O)[O-])cc1C(=O)OC. The zero-order valence-corrected chi connectivity index (χ0v) is 12.3. The predicted molar refractivity (Wildman–Crippen MR) is 74.4 cm³/mol. The third kappa shape index (κ3) is 4.10. The van der Waals surface area contributed by atoms with Crippen LogP contribution in [0.25, 0.3) is 0 Å². The van der Waals surface area contributed by atoms with Crippen molar-refractivity contribution in [2.75, 3.05) is 13.7 Å². The van der Waals surface area contributed by atoms with Crippen LogP contribution in [0.4, 0.5) is 5.69 Å². The average molecular weight is 314 g/mol. The Hall–Kier alpha value is -2.26. The van der Waals surface area contributed by atoms with E-state index in [2.05, 4.69) is 16.0 Å². The Kier molecular flexibility index (Phi) is 5.17. The Balaban J connectivity index is 3.37. The summed E-state index contributed by atoms with van der Waals surface area (Å²) in [4.78, 5) is 21.2. The molecule has 0 aliphatic rings. The molecular formula is C12H14N2O6S. The topological polar surface area (TPSA) is 116 Å². The number of sulfonamides is 1. The van der Waals surface area contributed by atoms with Crippen LogP contribution in [0.2, 0.25) is 0 Å². The lowest BCUT2D eigenvalue weighted by molar-refractivity contribution is -0.384. The van der Waals surface area contributed by atoms with E-state index in [0.29, 0.717) is 5.57 Å². The van der Waals surface area contributed by atoms with E-state index in [1.807, 2.05) is 0 Å². The van der Waals surface area contributed by atoms with Crippen LogP contribution < -0.4 is 4.72 Å². The molecule has 0 bridgehead atoms. The Labute approximate surface area is 121 Å². The van der Waals surface area contributed by atoms with E-state index >= 15 is 0 Å². The van der Waals surface area contributed by atoms with Crippen LogP contribution in [0.3, 0.4) is 0 Å². The summed E-state index contributed by atoms with van der Waals surface area (Å²) in [5.74, 6) is -0.977. The molecular weight excluding hydrogens is 300 g/mol. The Morgan fingerprint density at radius 3 is 2.57 bits per heavy atom. The molecule has 1 rings (SSSR count). The molecule has 0 fully saturated rings. The summed E-state index contributed by atoms with van der Waals surface area (Å²) >= 11 is 0. The molecule has 0 spiro atoms. The van der Waals surface area contributed by atoms with E-state index in [9.17, 15) is 23.3 Å². The molecule has 0 saturated heterocycles. The Morgan fingerprint density at radius 1 is 1.48 bits per heavy atom. The van der Waals surface area contributed by atoms with E-state index in [-0.39, 0.29) is 11.4 Å². The van der Waals surface area contributed by atoms with Gasteiger partial charge in [-0.15, -0.1) is 0 Å². The number of carbonyl (C=O) groups excluding carboxylic acids is 1. The number of hydrogen-bond acceptors (Lipinski definition) is 6. The Bertz CT molecular complexity index is 696. The number of nitro groups is 1. The van der Waals surface area contributed by atoms with Crippen molar-refractivity contribution in [2.24, 2.45) is 0 Å². The van der Waals surface area contributed by atoms with Crippen molar-refractivity contribution < 1.29 is 22.9 Å². The molecule has 0 saturated carbocycles. The van der Waals surface area contributed by atoms with E-state index < -0.39 is 32.2 Å². The van der Waals surface area contributed by atoms with Crippen LogP contribution in [0.1, 0.15) is 17.3 Å². The molecule has 0 amide bonds. The minimum Gasteiger partial charge on any atom is -0.465 e. The fourth-order valence-electron chi connectivity index (χ4n) is 1.43. The number of nitrogens with one attached hydrogen (secondary N) is 1. The second kappa shape index (κ2) is 6.46. The number of nitrogens with zero attached hydrogens (tertiary/aromatic N) is 1. The monoisotopic (exact) mass is 314 g/mol. The second-order valence-corrected chi connectivity index (χ2v) is 5.95. The second-order valence-electron chi connectivity index (χ2n) is 4.21. The molecule has 0 heterocycles. The number of methoxy groups -OCH3 is 1. The van der Waals surface area contributed by atoms with Crippen molar-refractivity contribution >= 4 is 21.7 Å². The van der Waals surface area contributed by atoms with Gasteiger partial charge in [0.1, 0.15) is 0 Å². The zero-order chi connectivity index (χ0) is 16.2. The molecule has 0 aliphatic heterocycles. The highest BCUT2D eigenvalue weighted by atomic mass is 32.2. The minimum absolute atomic E-state index is 0.0140. The summed E-state index contributed by atoms with van der Waals surface area (Å²) in [6, 6.07) is 2.86. The van der Waals surface area contributed by atoms with Gasteiger partial charge in [-0.1, -0.05) is 12.2 Å². The van der Waals surface area contributed by atoms with Crippen LogP contribution in [0, 0.1) is 10.1 Å². The van der Waals surface area contributed by atoms with Crippen molar-refractivity contribution in [3.63, 3.8) is 0 Å². The third-order valence-corrected chi connectivity index (χ3v) is 3.89. The summed E-state index contributed by atoms with van der Waals surface area (Å²) in [7, 11) is -2.96. The van der Waals surface area contributed by atoms with Gasteiger partial charge in [0.2, 0.25) is 10.0 Å². The van der Waals surface area contributed by atoms with E-state index in [4.69, 9.17) is 0 Å². The average Bonchev–Trinajstić information content (AvgIpc) is 2.43. The van der Waals surface area contributed by atoms with Gasteiger partial charge in [-0.2, -0.15) is 0 Å². The number of esters is 1. The van der Waals surface area contributed by atoms with Crippen LogP contribution >= 0.6 is 0 Å². The fraction of sp³-hybridized carbons (Fsp3) is 0.250. The third-order valence-electron chi connectivity index (χ3n) is 2.43. The first-order valence-corrected chi connectivity index (χ1v) is 7.18. The lowest BCUT2D eigenvalue weighted by atomic mass is 10.2. The van der Waals surface area contributed by atoms with Crippen LogP contribution in [-0.4, -0.2) is 33.0 Å². The fourth-order valence-corrected chi connectivity index (χ4v) is 2.70. The van der Waals surface area contributed by atoms with Crippen LogP contribution in [-0.2, 0) is 14.8 Å². The van der Waals surface area contributed by atoms with Crippen molar-refractivity contribution in [1.29, 1.82) is 0 Å². The van der Waals surface area contributed by atoms with Gasteiger partial charge in [-0.25, -0.2) is 17.9 Å². The van der Waals surface area contributed by atoms with E-state index in [1.54, 1.807) is 6.92 Å². The van der Waals surface area contributed by atoms with Crippen LogP contribution in [0.5, 0.6) is 0 Å². The van der Waals surface area contributed by atoms with Crippen LogP contribution in [0.15, 0.2) is 35.2 Å². The first-order valence-electron chi connectivity index (χ1n) is 5.70. The molecule has 9 heteroatoms. The van der Waals surface area contributed by atoms with Gasteiger partial charge in [0.15, 0.2) is 0 Å². The minimum atomic E-state index is -4.02. The standard InChI is InChI=1S/C12H14N2O6S/c1-8(2)7-13-21(18,19)11-5-4-9(14(16)17)6-10(11)12(15)20-3/h4-6,13H,1,7H2,2-3H3. The molecule has 0 aromatic heterocycles. The number of ether oxygens (including phenoxy) is 1. The van der Waals surface area contributed by atoms with Crippen molar-refractivity contribution in [3.05, 3.63) is 46.0 Å². The summed E-state index contributed by atoms with van der Waals surface area (Å²) in [6.45, 7) is 5.17. The Morgan fingerprint density at radius 2 is 2.10 bits per heavy atom. The highest BCUT2D eigenvalue weighted by Crippen LogP contribution is 2.22. The molecule has 0 unspecified atom stereocenters. The molecule has 0 radical (unpaired) electrons. The maximum Gasteiger partial charge on any atom is 0.339 e. The van der Waals surface area contributed by atoms with Gasteiger partial charge in [0.05, 0.1) is 22.5 Å². The first-order chi connectivity index (χ1) is 9.69. The molecule has 0 atom stereocenters. The predicted octanol–water partition coefficient (Wildman–Crippen LogP) is 1.24. The van der Waals surface area contributed by atoms with Crippen molar-refractivity contribution in [2.45, 2.75) is 11.8 Å². The van der Waals surface area contributed by atoms with Crippen molar-refractivity contribution in [1.82, 2.24) is 4.72 Å². The molecule has 21 heavy (non-hydrogen) atoms. The number of non-ortho nitro benzene ring substituents is 1. The number of hydrogen-bond donors (Lipinski definition) is 1. The van der Waals surface area contributed by atoms with E-state index in [0.717, 1.165) is 25.3 Å². The highest BCUT2D eigenvalue weighted by Gasteiger charge is 2.25. The number of benzene rings is 1. The normalized spacial score (nSPS) is 11.0. The summed E-state index contributed by atoms with van der Waals surface area (Å²) < 4.78 is 31.0. The number of nitro benzene ring substituents is 1. The van der Waals surface area contributed by atoms with Crippen molar-refractivity contribution in [3.8, 4) is 0 Å². The maximum atomic E-state index is 12.1. The van der Waals surface area contributed by atoms with Gasteiger partial charge in [-0.05, 0) is 13.0 Å². The molecule has 1 N–H and O–H groups in total. The maximum absolute atomic E-state index is 12.1. The van der Waals surface area contributed by atoms with Gasteiger partial charge < -0.3 is 4.74 Å². The van der Waals surface area contributed by atoms with Gasteiger partial charge in [-0.3, -0.25) is 10.1 Å².